The van der Waals surface area contributed by atoms with Crippen molar-refractivity contribution in [3.8, 4) is 0 Å². The fourth-order valence-electron chi connectivity index (χ4n) is 3.24. The molecule has 1 aromatic rings. The van der Waals surface area contributed by atoms with Gasteiger partial charge in [-0.25, -0.2) is 0 Å². The summed E-state index contributed by atoms with van der Waals surface area (Å²) in [6.45, 7) is 1.85. The number of benzene rings is 1. The Balaban J connectivity index is 1.70. The number of nitrogens with two attached hydrogens (primary N) is 1. The predicted molar refractivity (Wildman–Crippen MR) is 77.1 cm³/mol. The lowest BCUT2D eigenvalue weighted by Crippen LogP contribution is -2.56. The largest absolute Gasteiger partial charge is 0.370 e. The average Bonchev–Trinajstić information content (AvgIpc) is 2.96. The predicted octanol–water partition coefficient (Wildman–Crippen LogP) is 1.86. The molecule has 0 aromatic heterocycles. The minimum Gasteiger partial charge on any atom is -0.370 e. The highest BCUT2D eigenvalue weighted by molar-refractivity contribution is 5.86. The van der Waals surface area contributed by atoms with E-state index in [1.54, 1.807) is 0 Å². The maximum absolute atomic E-state index is 12.6. The molecule has 1 saturated carbocycles. The third kappa shape index (κ3) is 2.58. The Morgan fingerprint density at radius 2 is 1.95 bits per heavy atom. The van der Waals surface area contributed by atoms with Crippen LogP contribution in [0.3, 0.4) is 0 Å². The van der Waals surface area contributed by atoms with E-state index in [1.165, 1.54) is 0 Å². The molecule has 0 spiro atoms. The molecule has 0 bridgehead atoms. The number of carbonyl (C=O) groups excluding carboxylic acids is 1. The molecule has 2 N–H and O–H groups in total. The van der Waals surface area contributed by atoms with E-state index in [0.29, 0.717) is 19.7 Å². The second-order valence-corrected chi connectivity index (χ2v) is 5.88. The fourth-order valence-corrected chi connectivity index (χ4v) is 3.24. The first-order valence-electron chi connectivity index (χ1n) is 7.44. The van der Waals surface area contributed by atoms with Crippen LogP contribution in [-0.4, -0.2) is 36.0 Å². The van der Waals surface area contributed by atoms with Gasteiger partial charge in [-0.15, -0.1) is 0 Å². The smallest absolute Gasteiger partial charge is 0.242 e. The second-order valence-electron chi connectivity index (χ2n) is 5.88. The molecule has 2 aliphatic rings. The summed E-state index contributed by atoms with van der Waals surface area (Å²) in [5, 5.41) is 0. The number of hydrogen-bond acceptors (Lipinski definition) is 3. The third-order valence-electron chi connectivity index (χ3n) is 4.45. The zero-order chi connectivity index (χ0) is 14.0. The van der Waals surface area contributed by atoms with Gasteiger partial charge in [-0.1, -0.05) is 43.2 Å². The molecule has 4 nitrogen and oxygen atoms in total. The van der Waals surface area contributed by atoms with Crippen LogP contribution in [0.1, 0.15) is 37.4 Å². The van der Waals surface area contributed by atoms with Gasteiger partial charge >= 0.3 is 0 Å². The van der Waals surface area contributed by atoms with Gasteiger partial charge in [-0.3, -0.25) is 4.79 Å². The molecule has 1 amide bonds. The van der Waals surface area contributed by atoms with Crippen LogP contribution in [0.4, 0.5) is 0 Å². The molecule has 20 heavy (non-hydrogen) atoms. The third-order valence-corrected chi connectivity index (χ3v) is 4.45. The monoisotopic (exact) mass is 274 g/mol. The van der Waals surface area contributed by atoms with Crippen molar-refractivity contribution >= 4 is 5.91 Å². The highest BCUT2D eigenvalue weighted by Crippen LogP contribution is 2.31. The van der Waals surface area contributed by atoms with E-state index in [0.717, 1.165) is 31.2 Å². The molecule has 0 radical (unpaired) electrons. The number of amides is 1. The average molecular weight is 274 g/mol. The second kappa shape index (κ2) is 5.54. The number of nitrogens with zero attached hydrogens (tertiary/aromatic N) is 1. The van der Waals surface area contributed by atoms with Crippen LogP contribution in [0.15, 0.2) is 30.3 Å². The summed E-state index contributed by atoms with van der Waals surface area (Å²) in [5.74, 6) is 0.110. The van der Waals surface area contributed by atoms with Gasteiger partial charge in [0.15, 0.2) is 0 Å². The van der Waals surface area contributed by atoms with E-state index >= 15 is 0 Å². The Morgan fingerprint density at radius 3 is 2.65 bits per heavy atom. The van der Waals surface area contributed by atoms with Crippen molar-refractivity contribution in [3.63, 3.8) is 0 Å². The zero-order valence-electron chi connectivity index (χ0n) is 11.8. The maximum atomic E-state index is 12.6. The highest BCUT2D eigenvalue weighted by Gasteiger charge is 2.41. The molecule has 2 fully saturated rings. The van der Waals surface area contributed by atoms with Crippen molar-refractivity contribution in [2.24, 2.45) is 5.73 Å². The summed E-state index contributed by atoms with van der Waals surface area (Å²) < 4.78 is 5.81. The molecule has 1 unspecified atom stereocenters. The number of rotatable bonds is 2. The van der Waals surface area contributed by atoms with Crippen LogP contribution in [-0.2, 0) is 9.53 Å². The Kier molecular flexibility index (Phi) is 3.76. The van der Waals surface area contributed by atoms with E-state index in [4.69, 9.17) is 10.5 Å². The lowest BCUT2D eigenvalue weighted by Gasteiger charge is -2.37. The van der Waals surface area contributed by atoms with Gasteiger partial charge in [0.2, 0.25) is 5.91 Å². The van der Waals surface area contributed by atoms with Gasteiger partial charge in [0.05, 0.1) is 18.7 Å². The van der Waals surface area contributed by atoms with Crippen LogP contribution in [0.5, 0.6) is 0 Å². The Morgan fingerprint density at radius 1 is 1.25 bits per heavy atom. The van der Waals surface area contributed by atoms with Crippen molar-refractivity contribution in [2.45, 2.75) is 37.3 Å². The minimum absolute atomic E-state index is 0.0288. The quantitative estimate of drug-likeness (QED) is 0.895. The molecular weight excluding hydrogens is 252 g/mol. The minimum atomic E-state index is -0.626. The Labute approximate surface area is 119 Å². The van der Waals surface area contributed by atoms with Gasteiger partial charge < -0.3 is 15.4 Å². The number of carbonyl (C=O) groups is 1. The topological polar surface area (TPSA) is 55.6 Å². The maximum Gasteiger partial charge on any atom is 0.242 e. The summed E-state index contributed by atoms with van der Waals surface area (Å²) in [6, 6.07) is 10.1. The van der Waals surface area contributed by atoms with Gasteiger partial charge in [0.1, 0.15) is 6.10 Å². The van der Waals surface area contributed by atoms with Crippen LogP contribution >= 0.6 is 0 Å². The van der Waals surface area contributed by atoms with Crippen molar-refractivity contribution in [1.82, 2.24) is 4.90 Å². The first-order chi connectivity index (χ1) is 9.69. The summed E-state index contributed by atoms with van der Waals surface area (Å²) in [4.78, 5) is 14.5. The molecule has 1 aliphatic carbocycles. The zero-order valence-corrected chi connectivity index (χ0v) is 11.8. The van der Waals surface area contributed by atoms with Crippen molar-refractivity contribution < 1.29 is 9.53 Å². The molecule has 3 rings (SSSR count). The van der Waals surface area contributed by atoms with Crippen molar-refractivity contribution in [3.05, 3.63) is 35.9 Å². The summed E-state index contributed by atoms with van der Waals surface area (Å²) in [5.41, 5.74) is 6.79. The number of hydrogen-bond donors (Lipinski definition) is 1. The summed E-state index contributed by atoms with van der Waals surface area (Å²) >= 11 is 0. The van der Waals surface area contributed by atoms with Gasteiger partial charge in [0.25, 0.3) is 0 Å². The van der Waals surface area contributed by atoms with E-state index in [-0.39, 0.29) is 12.0 Å². The van der Waals surface area contributed by atoms with E-state index in [9.17, 15) is 4.79 Å². The molecule has 1 saturated heterocycles. The molecule has 4 heteroatoms. The van der Waals surface area contributed by atoms with E-state index in [2.05, 4.69) is 0 Å². The summed E-state index contributed by atoms with van der Waals surface area (Å²) in [6.07, 6.45) is 3.74. The number of morpholine rings is 1. The van der Waals surface area contributed by atoms with Crippen molar-refractivity contribution in [2.75, 3.05) is 19.7 Å². The molecular formula is C16H22N2O2. The first kappa shape index (κ1) is 13.6. The first-order valence-corrected chi connectivity index (χ1v) is 7.44. The Hall–Kier alpha value is -1.39. The molecule has 1 aromatic carbocycles. The lowest BCUT2D eigenvalue weighted by molar-refractivity contribution is -0.144. The molecule has 1 aliphatic heterocycles. The van der Waals surface area contributed by atoms with Crippen LogP contribution in [0.2, 0.25) is 0 Å². The van der Waals surface area contributed by atoms with E-state index in [1.807, 2.05) is 35.2 Å². The van der Waals surface area contributed by atoms with Crippen molar-refractivity contribution in [1.29, 1.82) is 0 Å². The lowest BCUT2D eigenvalue weighted by atomic mass is 9.96. The van der Waals surface area contributed by atoms with Gasteiger partial charge in [0, 0.05) is 6.54 Å². The standard InChI is InChI=1S/C16H22N2O2/c17-16(8-4-5-9-16)15(19)18-10-11-20-14(12-18)13-6-2-1-3-7-13/h1-3,6-7,14H,4-5,8-12,17H2. The van der Waals surface area contributed by atoms with Gasteiger partial charge in [-0.2, -0.15) is 0 Å². The normalized spacial score (nSPS) is 25.6. The SMILES string of the molecule is NC1(C(=O)N2CCOC(c3ccccc3)C2)CCCC1. The van der Waals surface area contributed by atoms with Crippen LogP contribution in [0, 0.1) is 0 Å². The Bertz CT molecular complexity index is 469. The molecule has 1 heterocycles. The molecule has 108 valence electrons. The van der Waals surface area contributed by atoms with Gasteiger partial charge in [-0.05, 0) is 18.4 Å². The fraction of sp³-hybridized carbons (Fsp3) is 0.562. The summed E-state index contributed by atoms with van der Waals surface area (Å²) in [7, 11) is 0. The highest BCUT2D eigenvalue weighted by atomic mass is 16.5. The molecule has 1 atom stereocenters. The number of ether oxygens (including phenoxy) is 1. The van der Waals surface area contributed by atoms with E-state index < -0.39 is 5.54 Å². The van der Waals surface area contributed by atoms with Crippen LogP contribution in [0.25, 0.3) is 0 Å². The van der Waals surface area contributed by atoms with Crippen LogP contribution < -0.4 is 5.73 Å².